The maximum atomic E-state index is 3.63. The first-order valence-corrected chi connectivity index (χ1v) is 2.61. The van der Waals surface area contributed by atoms with Gasteiger partial charge in [-0.3, -0.25) is 0 Å². The highest BCUT2D eigenvalue weighted by molar-refractivity contribution is 5.45. The van der Waals surface area contributed by atoms with Crippen LogP contribution in [0.5, 0.6) is 0 Å². The predicted molar refractivity (Wildman–Crippen MR) is 36.5 cm³/mol. The zero-order valence-corrected chi connectivity index (χ0v) is 4.67. The second-order valence-corrected chi connectivity index (χ2v) is 1.61. The summed E-state index contributed by atoms with van der Waals surface area (Å²) in [6.45, 7) is 3.63. The fourth-order valence-corrected chi connectivity index (χ4v) is 0.589. The van der Waals surface area contributed by atoms with Gasteiger partial charge in [0.15, 0.2) is 0 Å². The van der Waals surface area contributed by atoms with Gasteiger partial charge < -0.3 is 0 Å². The van der Waals surface area contributed by atoms with Crippen molar-refractivity contribution < 1.29 is 0 Å². The van der Waals surface area contributed by atoms with Crippen molar-refractivity contribution in [2.45, 2.75) is 0 Å². The molecule has 0 bridgehead atoms. The maximum Gasteiger partial charge on any atom is -0.0263 e. The van der Waals surface area contributed by atoms with Gasteiger partial charge in [0.1, 0.15) is 0 Å². The fraction of sp³-hybridized carbons (Fsp3) is 0. The average molecular weight is 105 g/mol. The molecule has 0 atom stereocenters. The Morgan fingerprint density at radius 3 is 2.12 bits per heavy atom. The van der Waals surface area contributed by atoms with Gasteiger partial charge in [-0.25, -0.2) is 0 Å². The molecule has 0 radical (unpaired) electrons. The summed E-state index contributed by atoms with van der Waals surface area (Å²) in [5.41, 5.74) is 1.17. The average Bonchev–Trinajstić information content (AvgIpc) is 1.90. The minimum atomic E-state index is 1.17. The summed E-state index contributed by atoms with van der Waals surface area (Å²) >= 11 is 0. The molecule has 0 heterocycles. The van der Waals surface area contributed by atoms with Crippen LogP contribution < -0.4 is 0 Å². The van der Waals surface area contributed by atoms with Crippen LogP contribution >= 0.6 is 0 Å². The van der Waals surface area contributed by atoms with Crippen LogP contribution in [0.25, 0.3) is 6.08 Å². The molecule has 1 rings (SSSR count). The molecule has 0 saturated heterocycles. The van der Waals surface area contributed by atoms with Gasteiger partial charge in [0, 0.05) is 0 Å². The summed E-state index contributed by atoms with van der Waals surface area (Å²) in [6, 6.07) is 10.0. The number of hydrogen-bond donors (Lipinski definition) is 0. The Morgan fingerprint density at radius 1 is 1.12 bits per heavy atom. The summed E-state index contributed by atoms with van der Waals surface area (Å²) in [5, 5.41) is 0. The lowest BCUT2D eigenvalue weighted by atomic mass is 10.3. The normalized spacial score (nSPS) is 8.50. The summed E-state index contributed by atoms with van der Waals surface area (Å²) in [5.74, 6) is 0. The van der Waals surface area contributed by atoms with Gasteiger partial charge in [-0.2, -0.15) is 0 Å². The Kier molecular flexibility index (Phi) is 1.48. The molecule has 1 aromatic rings. The van der Waals surface area contributed by atoms with Crippen LogP contribution in [-0.4, -0.2) is 0 Å². The van der Waals surface area contributed by atoms with Crippen molar-refractivity contribution in [2.24, 2.45) is 0 Å². The summed E-state index contributed by atoms with van der Waals surface area (Å²) in [6.07, 6.45) is 1.83. The summed E-state index contributed by atoms with van der Waals surface area (Å²) in [4.78, 5) is 0. The highest BCUT2D eigenvalue weighted by Crippen LogP contribution is 1.97. The Hall–Kier alpha value is -1.04. The van der Waals surface area contributed by atoms with Crippen LogP contribution in [0.15, 0.2) is 36.9 Å². The van der Waals surface area contributed by atoms with E-state index in [1.807, 2.05) is 36.4 Å². The van der Waals surface area contributed by atoms with Crippen molar-refractivity contribution in [1.29, 1.82) is 0 Å². The van der Waals surface area contributed by atoms with Crippen molar-refractivity contribution in [1.82, 2.24) is 0 Å². The molecule has 0 N–H and O–H groups in total. The van der Waals surface area contributed by atoms with Crippen LogP contribution in [0.1, 0.15) is 5.56 Å². The smallest absolute Gasteiger partial charge is 0.0263 e. The topological polar surface area (TPSA) is 0 Å². The third-order valence-corrected chi connectivity index (χ3v) is 1.04. The van der Waals surface area contributed by atoms with Gasteiger partial charge in [0.05, 0.1) is 0 Å². The van der Waals surface area contributed by atoms with E-state index in [0.29, 0.717) is 0 Å². The van der Waals surface area contributed by atoms with E-state index < -0.39 is 0 Å². The Bertz CT molecular complexity index is 163. The van der Waals surface area contributed by atoms with Crippen molar-refractivity contribution in [3.63, 3.8) is 0 Å². The van der Waals surface area contributed by atoms with Gasteiger partial charge in [-0.1, -0.05) is 43.0 Å². The standard InChI is InChI=1S/C8H8/c1-2-8-6-4-3-5-7-8/h2-7H,1H2/i2+1. The molecule has 0 fully saturated rings. The molecule has 0 heteroatoms. The van der Waals surface area contributed by atoms with Gasteiger partial charge in [-0.15, -0.1) is 0 Å². The van der Waals surface area contributed by atoms with E-state index in [9.17, 15) is 0 Å². The Balaban J connectivity index is 2.99. The third-order valence-electron chi connectivity index (χ3n) is 1.04. The molecule has 0 aliphatic carbocycles. The van der Waals surface area contributed by atoms with Gasteiger partial charge in [-0.05, 0) is 5.56 Å². The van der Waals surface area contributed by atoms with E-state index in [1.54, 1.807) is 0 Å². The fourth-order valence-electron chi connectivity index (χ4n) is 0.589. The van der Waals surface area contributed by atoms with E-state index in [-0.39, 0.29) is 0 Å². The van der Waals surface area contributed by atoms with E-state index >= 15 is 0 Å². The van der Waals surface area contributed by atoms with Crippen molar-refractivity contribution in [2.75, 3.05) is 0 Å². The molecule has 0 aliphatic heterocycles. The number of benzene rings is 1. The van der Waals surface area contributed by atoms with E-state index in [4.69, 9.17) is 0 Å². The molecule has 0 aromatic heterocycles. The molecule has 0 saturated carbocycles. The molecule has 0 nitrogen and oxygen atoms in total. The molecule has 0 unspecified atom stereocenters. The van der Waals surface area contributed by atoms with Crippen molar-refractivity contribution >= 4 is 6.08 Å². The SMILES string of the molecule is C=[13CH]c1ccccc1. The molecule has 40 valence electrons. The first-order valence-electron chi connectivity index (χ1n) is 2.61. The molecule has 0 amide bonds. The first-order chi connectivity index (χ1) is 3.93. The van der Waals surface area contributed by atoms with Crippen molar-refractivity contribution in [3.8, 4) is 0 Å². The van der Waals surface area contributed by atoms with Gasteiger partial charge in [0.25, 0.3) is 0 Å². The van der Waals surface area contributed by atoms with Gasteiger partial charge >= 0.3 is 0 Å². The largest absolute Gasteiger partial charge is 0.0985 e. The third kappa shape index (κ3) is 0.969. The lowest BCUT2D eigenvalue weighted by Gasteiger charge is -1.85. The molecule has 8 heavy (non-hydrogen) atoms. The lowest BCUT2D eigenvalue weighted by molar-refractivity contribution is 1.67. The first kappa shape index (κ1) is 5.10. The molecular formula is C8H8. The van der Waals surface area contributed by atoms with E-state index in [2.05, 4.69) is 6.58 Å². The molecular weight excluding hydrogens is 97.1 g/mol. The summed E-state index contributed by atoms with van der Waals surface area (Å²) < 4.78 is 0. The lowest BCUT2D eigenvalue weighted by Crippen LogP contribution is -1.63. The molecule has 0 aliphatic rings. The Morgan fingerprint density at radius 2 is 1.75 bits per heavy atom. The minimum absolute atomic E-state index is 1.17. The van der Waals surface area contributed by atoms with Crippen molar-refractivity contribution in [3.05, 3.63) is 42.5 Å². The van der Waals surface area contributed by atoms with Crippen LogP contribution in [0.3, 0.4) is 0 Å². The second-order valence-electron chi connectivity index (χ2n) is 1.61. The summed E-state index contributed by atoms with van der Waals surface area (Å²) in [7, 11) is 0. The number of hydrogen-bond acceptors (Lipinski definition) is 0. The monoisotopic (exact) mass is 105 g/mol. The highest BCUT2D eigenvalue weighted by atomic mass is 14.1. The zero-order valence-electron chi connectivity index (χ0n) is 4.67. The Labute approximate surface area is 49.5 Å². The van der Waals surface area contributed by atoms with E-state index in [0.717, 1.165) is 0 Å². The minimum Gasteiger partial charge on any atom is -0.0985 e. The van der Waals surface area contributed by atoms with E-state index in [1.165, 1.54) is 5.56 Å². The zero-order chi connectivity index (χ0) is 5.82. The maximum absolute atomic E-state index is 3.63. The molecule has 0 spiro atoms. The number of rotatable bonds is 1. The highest BCUT2D eigenvalue weighted by Gasteiger charge is 1.75. The van der Waals surface area contributed by atoms with Crippen LogP contribution in [0.2, 0.25) is 0 Å². The van der Waals surface area contributed by atoms with Crippen LogP contribution in [-0.2, 0) is 0 Å². The predicted octanol–water partition coefficient (Wildman–Crippen LogP) is 2.33. The second kappa shape index (κ2) is 2.31. The quantitative estimate of drug-likeness (QED) is 0.481. The molecule has 1 aromatic carbocycles. The van der Waals surface area contributed by atoms with Gasteiger partial charge in [0.2, 0.25) is 0 Å². The van der Waals surface area contributed by atoms with Crippen LogP contribution in [0, 0.1) is 0 Å². The van der Waals surface area contributed by atoms with Crippen LogP contribution in [0.4, 0.5) is 0 Å².